The van der Waals surface area contributed by atoms with E-state index in [1.54, 1.807) is 6.20 Å². The van der Waals surface area contributed by atoms with Gasteiger partial charge < -0.3 is 17.1 Å². The first-order chi connectivity index (χ1) is 7.90. The summed E-state index contributed by atoms with van der Waals surface area (Å²) in [6, 6.07) is 9.08. The van der Waals surface area contributed by atoms with Crippen molar-refractivity contribution >= 4 is 0 Å². The van der Waals surface area contributed by atoms with Gasteiger partial charge in [-0.2, -0.15) is 0 Å². The Hall–Kier alpha value is -0.774. The number of hydrogen-bond donors (Lipinski definition) is 0. The molecule has 2 aromatic heterocycles. The zero-order valence-electron chi connectivity index (χ0n) is 10.4. The second kappa shape index (κ2) is 9.20. The van der Waals surface area contributed by atoms with Crippen molar-refractivity contribution < 1.29 is 56.1 Å². The molecule has 2 rings (SSSR count). The monoisotopic (exact) mass is 264 g/mol. The molecular formula is C13H11KN3O-. The van der Waals surface area contributed by atoms with Gasteiger partial charge >= 0.3 is 51.4 Å². The third-order valence-corrected chi connectivity index (χ3v) is 1.95. The number of nitriles is 1. The van der Waals surface area contributed by atoms with Crippen molar-refractivity contribution in [1.82, 2.24) is 9.97 Å². The van der Waals surface area contributed by atoms with Crippen LogP contribution in [0.3, 0.4) is 0 Å². The van der Waals surface area contributed by atoms with E-state index in [-0.39, 0.29) is 58.8 Å². The van der Waals surface area contributed by atoms with Crippen molar-refractivity contribution in [2.24, 2.45) is 0 Å². The van der Waals surface area contributed by atoms with Crippen LogP contribution in [0.5, 0.6) is 5.75 Å². The van der Waals surface area contributed by atoms with Gasteiger partial charge in [0.1, 0.15) is 6.61 Å². The van der Waals surface area contributed by atoms with Gasteiger partial charge in [-0.15, -0.1) is 6.07 Å². The molecule has 0 saturated heterocycles. The van der Waals surface area contributed by atoms with Gasteiger partial charge in [-0.3, -0.25) is 4.98 Å². The van der Waals surface area contributed by atoms with Gasteiger partial charge in [0.2, 0.25) is 0 Å². The molecule has 0 fully saturated rings. The fraction of sp³-hybridized carbons (Fsp3) is 0.0769. The zero-order chi connectivity index (χ0) is 11.2. The maximum absolute atomic E-state index is 8.82. The van der Waals surface area contributed by atoms with Crippen LogP contribution in [0, 0.1) is 25.0 Å². The molecule has 0 N–H and O–H groups in total. The van der Waals surface area contributed by atoms with E-state index in [9.17, 15) is 0 Å². The van der Waals surface area contributed by atoms with Gasteiger partial charge in [-0.05, 0) is 23.9 Å². The minimum Gasteiger partial charge on any atom is -0.510 e. The molecule has 2 aromatic rings. The molecule has 0 amide bonds. The quantitative estimate of drug-likeness (QED) is 0.537. The second-order valence-corrected chi connectivity index (χ2v) is 3.03. The number of ether oxygens (including phenoxy) is 1. The molecule has 5 heteroatoms. The molecule has 0 aliphatic carbocycles. The van der Waals surface area contributed by atoms with Crippen molar-refractivity contribution in [3.05, 3.63) is 61.5 Å². The van der Waals surface area contributed by atoms with E-state index in [0.29, 0.717) is 17.9 Å². The average molecular weight is 264 g/mol. The zero-order valence-corrected chi connectivity index (χ0v) is 13.5. The summed E-state index contributed by atoms with van der Waals surface area (Å²) >= 11 is 0. The number of pyridine rings is 2. The predicted octanol–water partition coefficient (Wildman–Crippen LogP) is -0.818. The summed E-state index contributed by atoms with van der Waals surface area (Å²) < 4.78 is 5.45. The standard InChI is InChI=1S/C12H8N3O.CH3.K/c13-7-10-4-6-14-8-12(10)16-9-11-3-1-2-5-15-11;;/h1-5,8H,9H2;1H3;/q2*-1;+1. The predicted molar refractivity (Wildman–Crippen MR) is 62.8 cm³/mol. The van der Waals surface area contributed by atoms with E-state index < -0.39 is 0 Å². The molecule has 0 aliphatic rings. The maximum Gasteiger partial charge on any atom is 1.00 e. The number of nitrogens with zero attached hydrogens (tertiary/aromatic N) is 3. The Kier molecular flexibility index (Phi) is 8.80. The Morgan fingerprint density at radius 2 is 2.22 bits per heavy atom. The summed E-state index contributed by atoms with van der Waals surface area (Å²) in [6.07, 6.45) is 5.75. The van der Waals surface area contributed by atoms with Crippen molar-refractivity contribution in [1.29, 1.82) is 5.26 Å². The van der Waals surface area contributed by atoms with Crippen molar-refractivity contribution in [3.63, 3.8) is 0 Å². The van der Waals surface area contributed by atoms with Crippen LogP contribution in [0.4, 0.5) is 0 Å². The van der Waals surface area contributed by atoms with Gasteiger partial charge in [0.15, 0.2) is 0 Å². The van der Waals surface area contributed by atoms with Crippen molar-refractivity contribution in [2.75, 3.05) is 0 Å². The molecule has 0 atom stereocenters. The Morgan fingerprint density at radius 1 is 1.39 bits per heavy atom. The van der Waals surface area contributed by atoms with Crippen LogP contribution in [0.2, 0.25) is 0 Å². The molecule has 2 heterocycles. The summed E-state index contributed by atoms with van der Waals surface area (Å²) in [5.41, 5.74) is 1.23. The van der Waals surface area contributed by atoms with Crippen molar-refractivity contribution in [2.45, 2.75) is 6.61 Å². The van der Waals surface area contributed by atoms with Crippen LogP contribution in [0.15, 0.2) is 36.7 Å². The fourth-order valence-corrected chi connectivity index (χ4v) is 1.18. The molecule has 0 unspecified atom stereocenters. The molecule has 18 heavy (non-hydrogen) atoms. The normalized spacial score (nSPS) is 8.39. The molecule has 0 aromatic carbocycles. The first kappa shape index (κ1) is 17.2. The Balaban J connectivity index is 0.00000144. The molecule has 0 saturated carbocycles. The molecule has 0 bridgehead atoms. The van der Waals surface area contributed by atoms with Crippen LogP contribution in [0.25, 0.3) is 0 Å². The van der Waals surface area contributed by atoms with Gasteiger partial charge in [0, 0.05) is 18.0 Å². The van der Waals surface area contributed by atoms with Crippen LogP contribution < -0.4 is 56.1 Å². The van der Waals surface area contributed by atoms with E-state index in [2.05, 4.69) is 16.2 Å². The van der Waals surface area contributed by atoms with Crippen LogP contribution in [0.1, 0.15) is 11.3 Å². The van der Waals surface area contributed by atoms with E-state index in [4.69, 9.17) is 10.00 Å². The first-order valence-corrected chi connectivity index (χ1v) is 4.69. The number of hydrogen-bond acceptors (Lipinski definition) is 4. The summed E-state index contributed by atoms with van der Waals surface area (Å²) in [6.45, 7) is 0.321. The van der Waals surface area contributed by atoms with Gasteiger partial charge in [-0.25, -0.2) is 5.26 Å². The maximum atomic E-state index is 8.82. The summed E-state index contributed by atoms with van der Waals surface area (Å²) in [7, 11) is 0. The summed E-state index contributed by atoms with van der Waals surface area (Å²) in [5.74, 6) is 0.451. The number of aromatic nitrogens is 2. The molecule has 0 aliphatic heterocycles. The Bertz CT molecular complexity index is 511. The first-order valence-electron chi connectivity index (χ1n) is 4.69. The van der Waals surface area contributed by atoms with Crippen LogP contribution in [-0.2, 0) is 6.61 Å². The molecule has 0 radical (unpaired) electrons. The SMILES string of the molecule is N#Cc1c[c-]ncc1OCc1ccccn1.[CH3-].[K+]. The van der Waals surface area contributed by atoms with Gasteiger partial charge in [0.05, 0.1) is 5.69 Å². The van der Waals surface area contributed by atoms with E-state index in [1.807, 2.05) is 24.3 Å². The minimum absolute atomic E-state index is 0. The topological polar surface area (TPSA) is 58.8 Å². The van der Waals surface area contributed by atoms with Crippen molar-refractivity contribution in [3.8, 4) is 11.8 Å². The van der Waals surface area contributed by atoms with Gasteiger partial charge in [0.25, 0.3) is 0 Å². The fourth-order valence-electron chi connectivity index (χ4n) is 1.18. The molecular weight excluding hydrogens is 253 g/mol. The Morgan fingerprint density at radius 3 is 2.89 bits per heavy atom. The Labute approximate surface area is 149 Å². The minimum atomic E-state index is 0. The third-order valence-electron chi connectivity index (χ3n) is 1.95. The third kappa shape index (κ3) is 4.84. The summed E-state index contributed by atoms with van der Waals surface area (Å²) in [4.78, 5) is 7.90. The second-order valence-electron chi connectivity index (χ2n) is 3.03. The number of rotatable bonds is 3. The van der Waals surface area contributed by atoms with E-state index in [0.717, 1.165) is 5.69 Å². The molecule has 0 spiro atoms. The van der Waals surface area contributed by atoms with Crippen LogP contribution >= 0.6 is 0 Å². The van der Waals surface area contributed by atoms with E-state index in [1.165, 1.54) is 12.3 Å². The molecule has 4 nitrogen and oxygen atoms in total. The van der Waals surface area contributed by atoms with Crippen LogP contribution in [-0.4, -0.2) is 9.97 Å². The largest absolute Gasteiger partial charge is 1.00 e. The summed E-state index contributed by atoms with van der Waals surface area (Å²) in [5, 5.41) is 8.82. The van der Waals surface area contributed by atoms with E-state index >= 15 is 0 Å². The average Bonchev–Trinajstić information content (AvgIpc) is 2.38. The molecule has 86 valence electrons. The van der Waals surface area contributed by atoms with Gasteiger partial charge in [-0.1, -0.05) is 12.3 Å². The smallest absolute Gasteiger partial charge is 0.510 e.